The molecule has 2 N–H and O–H groups in total. The Hall–Kier alpha value is -1.27. The number of nitrogens with one attached hydrogen (secondary N) is 1. The number of amides is 1. The van der Waals surface area contributed by atoms with Gasteiger partial charge in [0, 0.05) is 35.8 Å². The van der Waals surface area contributed by atoms with Crippen LogP contribution >= 0.6 is 15.9 Å². The number of nitrogens with zero attached hydrogens (tertiary/aromatic N) is 1. The second kappa shape index (κ2) is 6.87. The van der Waals surface area contributed by atoms with Crippen molar-refractivity contribution in [1.29, 1.82) is 0 Å². The van der Waals surface area contributed by atoms with E-state index in [1.807, 2.05) is 39.0 Å². The number of aliphatic hydroxyl groups excluding tert-OH is 1. The van der Waals surface area contributed by atoms with Crippen LogP contribution in [0, 0.1) is 5.92 Å². The largest absolute Gasteiger partial charge is 0.444 e. The summed E-state index contributed by atoms with van der Waals surface area (Å²) in [5.74, 6) is 0.339. The van der Waals surface area contributed by atoms with Gasteiger partial charge in [-0.1, -0.05) is 0 Å². The number of rotatable bonds is 3. The highest BCUT2D eigenvalue weighted by Crippen LogP contribution is 2.32. The van der Waals surface area contributed by atoms with Gasteiger partial charge in [-0.05, 0) is 61.3 Å². The minimum atomic E-state index is -0.518. The first-order chi connectivity index (χ1) is 10.3. The van der Waals surface area contributed by atoms with Crippen LogP contribution < -0.4 is 10.2 Å². The third kappa shape index (κ3) is 4.61. The van der Waals surface area contributed by atoms with Gasteiger partial charge in [0.25, 0.3) is 0 Å². The van der Waals surface area contributed by atoms with Crippen molar-refractivity contribution in [3.05, 3.63) is 22.7 Å². The van der Waals surface area contributed by atoms with Gasteiger partial charge in [-0.25, -0.2) is 4.79 Å². The molecule has 2 rings (SSSR count). The predicted octanol–water partition coefficient (Wildman–Crippen LogP) is 3.61. The summed E-state index contributed by atoms with van der Waals surface area (Å²) < 4.78 is 6.15. The molecule has 1 aromatic carbocycles. The second-order valence-corrected chi connectivity index (χ2v) is 7.43. The van der Waals surface area contributed by atoms with Crippen LogP contribution in [0.5, 0.6) is 0 Å². The topological polar surface area (TPSA) is 61.8 Å². The van der Waals surface area contributed by atoms with Crippen molar-refractivity contribution in [3.8, 4) is 0 Å². The lowest BCUT2D eigenvalue weighted by atomic mass is 10.1. The van der Waals surface area contributed by atoms with Crippen LogP contribution in [0.3, 0.4) is 0 Å². The zero-order valence-corrected chi connectivity index (χ0v) is 14.8. The molecule has 122 valence electrons. The molecule has 5 nitrogen and oxygen atoms in total. The fraction of sp³-hybridized carbons (Fsp3) is 0.562. The molecular formula is C16H23BrN2O3. The Labute approximate surface area is 139 Å². The number of ether oxygens (including phenoxy) is 1. The summed E-state index contributed by atoms with van der Waals surface area (Å²) in [7, 11) is 0. The van der Waals surface area contributed by atoms with Crippen molar-refractivity contribution < 1.29 is 14.6 Å². The molecule has 0 aromatic heterocycles. The van der Waals surface area contributed by atoms with Crippen molar-refractivity contribution in [1.82, 2.24) is 0 Å². The first-order valence-electron chi connectivity index (χ1n) is 7.44. The molecule has 1 saturated heterocycles. The maximum Gasteiger partial charge on any atom is 0.412 e. The lowest BCUT2D eigenvalue weighted by Gasteiger charge is -2.22. The van der Waals surface area contributed by atoms with Gasteiger partial charge in [-0.15, -0.1) is 0 Å². The number of hydrogen-bond acceptors (Lipinski definition) is 4. The molecule has 1 heterocycles. The van der Waals surface area contributed by atoms with E-state index >= 15 is 0 Å². The first-order valence-corrected chi connectivity index (χ1v) is 8.23. The minimum absolute atomic E-state index is 0.229. The number of carbonyl (C=O) groups is 1. The van der Waals surface area contributed by atoms with E-state index in [1.54, 1.807) is 0 Å². The lowest BCUT2D eigenvalue weighted by molar-refractivity contribution is 0.0636. The van der Waals surface area contributed by atoms with E-state index in [0.717, 1.165) is 29.7 Å². The van der Waals surface area contributed by atoms with Crippen molar-refractivity contribution in [2.75, 3.05) is 29.9 Å². The second-order valence-electron chi connectivity index (χ2n) is 6.58. The molecule has 1 unspecified atom stereocenters. The minimum Gasteiger partial charge on any atom is -0.444 e. The van der Waals surface area contributed by atoms with Crippen molar-refractivity contribution in [3.63, 3.8) is 0 Å². The monoisotopic (exact) mass is 370 g/mol. The van der Waals surface area contributed by atoms with E-state index in [9.17, 15) is 9.90 Å². The number of hydrogen-bond donors (Lipinski definition) is 2. The highest BCUT2D eigenvalue weighted by atomic mass is 79.9. The maximum absolute atomic E-state index is 11.8. The molecule has 1 aliphatic rings. The quantitative estimate of drug-likeness (QED) is 0.852. The summed E-state index contributed by atoms with van der Waals surface area (Å²) >= 11 is 3.55. The Balaban J connectivity index is 2.02. The fourth-order valence-electron chi connectivity index (χ4n) is 2.46. The molecule has 1 amide bonds. The van der Waals surface area contributed by atoms with Crippen LogP contribution in [0.15, 0.2) is 22.7 Å². The number of halogens is 1. The fourth-order valence-corrected chi connectivity index (χ4v) is 3.09. The maximum atomic E-state index is 11.8. The average molecular weight is 371 g/mol. The zero-order chi connectivity index (χ0) is 16.3. The Morgan fingerprint density at radius 2 is 2.23 bits per heavy atom. The molecular weight excluding hydrogens is 348 g/mol. The normalized spacial score (nSPS) is 18.4. The number of carbonyl (C=O) groups excluding carboxylic acids is 1. The Kier molecular flexibility index (Phi) is 5.34. The number of aliphatic hydroxyl groups is 1. The van der Waals surface area contributed by atoms with Crippen LogP contribution in [0.25, 0.3) is 0 Å². The van der Waals surface area contributed by atoms with Gasteiger partial charge in [-0.3, -0.25) is 5.32 Å². The van der Waals surface area contributed by atoms with E-state index in [2.05, 4.69) is 26.1 Å². The van der Waals surface area contributed by atoms with Crippen LogP contribution in [0.2, 0.25) is 0 Å². The van der Waals surface area contributed by atoms with Crippen molar-refractivity contribution >= 4 is 33.4 Å². The molecule has 0 spiro atoms. The molecule has 1 aromatic rings. The summed E-state index contributed by atoms with van der Waals surface area (Å²) in [6.07, 6.45) is 0.537. The number of benzene rings is 1. The molecule has 1 fully saturated rings. The van der Waals surface area contributed by atoms with Gasteiger partial charge in [0.1, 0.15) is 5.60 Å². The molecule has 6 heteroatoms. The van der Waals surface area contributed by atoms with Crippen LogP contribution in [-0.4, -0.2) is 36.5 Å². The molecule has 0 bridgehead atoms. The van der Waals surface area contributed by atoms with Gasteiger partial charge < -0.3 is 14.7 Å². The Morgan fingerprint density at radius 3 is 2.77 bits per heavy atom. The van der Waals surface area contributed by atoms with E-state index in [0.29, 0.717) is 11.6 Å². The molecule has 1 aliphatic heterocycles. The molecule has 0 radical (unpaired) electrons. The van der Waals surface area contributed by atoms with Gasteiger partial charge in [0.05, 0.1) is 5.69 Å². The summed E-state index contributed by atoms with van der Waals surface area (Å²) in [5.41, 5.74) is 1.24. The summed E-state index contributed by atoms with van der Waals surface area (Å²) in [5, 5.41) is 12.0. The Morgan fingerprint density at radius 1 is 1.50 bits per heavy atom. The van der Waals surface area contributed by atoms with Crippen molar-refractivity contribution in [2.24, 2.45) is 5.92 Å². The highest BCUT2D eigenvalue weighted by molar-refractivity contribution is 9.10. The third-order valence-corrected chi connectivity index (χ3v) is 4.11. The first kappa shape index (κ1) is 17.1. The van der Waals surface area contributed by atoms with Crippen LogP contribution in [0.1, 0.15) is 27.2 Å². The van der Waals surface area contributed by atoms with Crippen LogP contribution in [-0.2, 0) is 4.74 Å². The SMILES string of the molecule is CC(C)(C)OC(=O)Nc1ccc(N2CCC(CO)C2)c(Br)c1. The lowest BCUT2D eigenvalue weighted by Crippen LogP contribution is -2.27. The van der Waals surface area contributed by atoms with E-state index in [1.165, 1.54) is 0 Å². The summed E-state index contributed by atoms with van der Waals surface area (Å²) in [4.78, 5) is 14.0. The molecule has 22 heavy (non-hydrogen) atoms. The molecule has 1 atom stereocenters. The van der Waals surface area contributed by atoms with E-state index < -0.39 is 11.7 Å². The van der Waals surface area contributed by atoms with E-state index in [-0.39, 0.29) is 6.61 Å². The zero-order valence-electron chi connectivity index (χ0n) is 13.2. The van der Waals surface area contributed by atoms with Gasteiger partial charge in [0.2, 0.25) is 0 Å². The third-order valence-electron chi connectivity index (χ3n) is 3.48. The van der Waals surface area contributed by atoms with Gasteiger partial charge in [-0.2, -0.15) is 0 Å². The predicted molar refractivity (Wildman–Crippen MR) is 91.4 cm³/mol. The average Bonchev–Trinajstić information content (AvgIpc) is 2.85. The van der Waals surface area contributed by atoms with Crippen LogP contribution in [0.4, 0.5) is 16.2 Å². The van der Waals surface area contributed by atoms with Gasteiger partial charge >= 0.3 is 6.09 Å². The standard InChI is InChI=1S/C16H23BrN2O3/c1-16(2,3)22-15(21)18-12-4-5-14(13(17)8-12)19-7-6-11(9-19)10-20/h4-5,8,11,20H,6-7,9-10H2,1-3H3,(H,18,21). The highest BCUT2D eigenvalue weighted by Gasteiger charge is 2.23. The Bertz CT molecular complexity index is 543. The number of anilines is 2. The molecule has 0 saturated carbocycles. The van der Waals surface area contributed by atoms with Gasteiger partial charge in [0.15, 0.2) is 0 Å². The molecule has 0 aliphatic carbocycles. The van der Waals surface area contributed by atoms with E-state index in [4.69, 9.17) is 4.74 Å². The summed E-state index contributed by atoms with van der Waals surface area (Å²) in [6.45, 7) is 7.51. The smallest absolute Gasteiger partial charge is 0.412 e. The summed E-state index contributed by atoms with van der Waals surface area (Å²) in [6, 6.07) is 5.69. The van der Waals surface area contributed by atoms with Crippen molar-refractivity contribution in [2.45, 2.75) is 32.8 Å².